The number of nitrogens with zero attached hydrogens (tertiary/aromatic N) is 3. The van der Waals surface area contributed by atoms with Crippen LogP contribution in [0.5, 0.6) is 5.75 Å². The van der Waals surface area contributed by atoms with Crippen LogP contribution in [0.4, 0.5) is 5.69 Å². The highest BCUT2D eigenvalue weighted by molar-refractivity contribution is 7.13. The fraction of sp³-hybridized carbons (Fsp3) is 0.261. The van der Waals surface area contributed by atoms with Gasteiger partial charge in [-0.1, -0.05) is 23.7 Å². The summed E-state index contributed by atoms with van der Waals surface area (Å²) in [5.74, 6) is -0.00246. The van der Waals surface area contributed by atoms with Gasteiger partial charge in [0.05, 0.1) is 7.11 Å². The first kappa shape index (κ1) is 22.1. The highest BCUT2D eigenvalue weighted by Crippen LogP contribution is 2.25. The molecule has 1 fully saturated rings. The number of hydrogen-bond donors (Lipinski definition) is 0. The zero-order valence-electron chi connectivity index (χ0n) is 17.5. The maximum atomic E-state index is 12.5. The number of anilines is 1. The molecule has 32 heavy (non-hydrogen) atoms. The number of hydrogen-bond acceptors (Lipinski definition) is 7. The van der Waals surface area contributed by atoms with E-state index < -0.39 is 5.97 Å². The molecule has 0 atom stereocenters. The first-order valence-corrected chi connectivity index (χ1v) is 11.3. The molecule has 0 aliphatic carbocycles. The van der Waals surface area contributed by atoms with Gasteiger partial charge in [0.1, 0.15) is 10.8 Å². The predicted octanol–water partition coefficient (Wildman–Crippen LogP) is 3.98. The second-order valence-corrected chi connectivity index (χ2v) is 8.48. The van der Waals surface area contributed by atoms with Crippen molar-refractivity contribution in [2.75, 3.05) is 44.8 Å². The van der Waals surface area contributed by atoms with Crippen LogP contribution in [0.25, 0.3) is 10.6 Å². The Bertz CT molecular complexity index is 1080. The van der Waals surface area contributed by atoms with Crippen molar-refractivity contribution in [3.63, 3.8) is 0 Å². The molecule has 0 saturated carbocycles. The summed E-state index contributed by atoms with van der Waals surface area (Å²) in [6.45, 7) is 2.26. The molecule has 2 heterocycles. The smallest absolute Gasteiger partial charge is 0.358 e. The monoisotopic (exact) mass is 471 g/mol. The van der Waals surface area contributed by atoms with Gasteiger partial charge in [-0.25, -0.2) is 9.78 Å². The largest absolute Gasteiger partial charge is 0.497 e. The van der Waals surface area contributed by atoms with E-state index in [2.05, 4.69) is 9.88 Å². The summed E-state index contributed by atoms with van der Waals surface area (Å²) in [5, 5.41) is 2.95. The van der Waals surface area contributed by atoms with Crippen molar-refractivity contribution in [3.05, 3.63) is 64.6 Å². The van der Waals surface area contributed by atoms with Gasteiger partial charge in [0.2, 0.25) is 0 Å². The zero-order valence-corrected chi connectivity index (χ0v) is 19.1. The van der Waals surface area contributed by atoms with Gasteiger partial charge in [0.25, 0.3) is 5.91 Å². The first-order valence-electron chi connectivity index (χ1n) is 10.1. The Kier molecular flexibility index (Phi) is 6.92. The summed E-state index contributed by atoms with van der Waals surface area (Å²) in [6.07, 6.45) is 0. The molecule has 0 unspecified atom stereocenters. The fourth-order valence-electron chi connectivity index (χ4n) is 3.39. The second kappa shape index (κ2) is 10.0. The highest BCUT2D eigenvalue weighted by Gasteiger charge is 2.23. The average molecular weight is 472 g/mol. The van der Waals surface area contributed by atoms with Crippen LogP contribution in [0.2, 0.25) is 5.02 Å². The summed E-state index contributed by atoms with van der Waals surface area (Å²) in [5.41, 5.74) is 2.14. The number of carbonyl (C=O) groups is 2. The lowest BCUT2D eigenvalue weighted by Gasteiger charge is -2.36. The van der Waals surface area contributed by atoms with Crippen molar-refractivity contribution in [1.82, 2.24) is 9.88 Å². The number of ether oxygens (including phenoxy) is 2. The van der Waals surface area contributed by atoms with Crippen LogP contribution < -0.4 is 9.64 Å². The highest BCUT2D eigenvalue weighted by atomic mass is 35.5. The third-order valence-electron chi connectivity index (χ3n) is 5.20. The molecule has 2 aromatic carbocycles. The van der Waals surface area contributed by atoms with E-state index in [0.717, 1.165) is 17.0 Å². The molecule has 1 saturated heterocycles. The average Bonchev–Trinajstić information content (AvgIpc) is 3.33. The van der Waals surface area contributed by atoms with E-state index in [4.69, 9.17) is 21.1 Å². The van der Waals surface area contributed by atoms with E-state index in [1.807, 2.05) is 36.4 Å². The van der Waals surface area contributed by atoms with Gasteiger partial charge in [-0.3, -0.25) is 4.79 Å². The lowest BCUT2D eigenvalue weighted by Crippen LogP contribution is -2.49. The quantitative estimate of drug-likeness (QED) is 0.506. The minimum absolute atomic E-state index is 0.192. The lowest BCUT2D eigenvalue weighted by molar-refractivity contribution is -0.134. The van der Waals surface area contributed by atoms with E-state index in [0.29, 0.717) is 36.2 Å². The van der Waals surface area contributed by atoms with Crippen LogP contribution >= 0.6 is 22.9 Å². The summed E-state index contributed by atoms with van der Waals surface area (Å²) in [7, 11) is 1.64. The van der Waals surface area contributed by atoms with Crippen LogP contribution in [0.1, 0.15) is 10.5 Å². The SMILES string of the molecule is COc1ccc(N2CCN(C(=O)COC(=O)c3csc(-c4ccc(Cl)cc4)n3)CC2)cc1. The fourth-order valence-corrected chi connectivity index (χ4v) is 4.31. The van der Waals surface area contributed by atoms with E-state index >= 15 is 0 Å². The summed E-state index contributed by atoms with van der Waals surface area (Å²) in [6, 6.07) is 15.1. The van der Waals surface area contributed by atoms with Gasteiger partial charge >= 0.3 is 5.97 Å². The van der Waals surface area contributed by atoms with Gasteiger partial charge < -0.3 is 19.3 Å². The molecular weight excluding hydrogens is 450 g/mol. The van der Waals surface area contributed by atoms with Gasteiger partial charge in [-0.2, -0.15) is 0 Å². The Balaban J connectivity index is 1.26. The van der Waals surface area contributed by atoms with Crippen LogP contribution in [0, 0.1) is 0 Å². The van der Waals surface area contributed by atoms with Gasteiger partial charge in [-0.05, 0) is 36.4 Å². The third kappa shape index (κ3) is 5.20. The number of rotatable bonds is 6. The molecule has 0 radical (unpaired) electrons. The molecule has 9 heteroatoms. The molecular formula is C23H22ClN3O4S. The number of amides is 1. The number of methoxy groups -OCH3 is 1. The minimum atomic E-state index is -0.605. The third-order valence-corrected chi connectivity index (χ3v) is 6.34. The number of piperazine rings is 1. The summed E-state index contributed by atoms with van der Waals surface area (Å²) >= 11 is 7.24. The molecule has 0 N–H and O–H groups in total. The van der Waals surface area contributed by atoms with E-state index in [1.54, 1.807) is 29.5 Å². The van der Waals surface area contributed by atoms with Crippen LogP contribution in [-0.2, 0) is 9.53 Å². The molecule has 1 amide bonds. The maximum absolute atomic E-state index is 12.5. The molecule has 1 aromatic heterocycles. The minimum Gasteiger partial charge on any atom is -0.497 e. The van der Waals surface area contributed by atoms with Crippen molar-refractivity contribution in [1.29, 1.82) is 0 Å². The van der Waals surface area contributed by atoms with Gasteiger partial charge in [0, 0.05) is 47.8 Å². The Morgan fingerprint density at radius 2 is 1.72 bits per heavy atom. The molecule has 7 nitrogen and oxygen atoms in total. The topological polar surface area (TPSA) is 72.0 Å². The van der Waals surface area contributed by atoms with Crippen LogP contribution in [0.3, 0.4) is 0 Å². The Hall–Kier alpha value is -3.10. The van der Waals surface area contributed by atoms with Crippen molar-refractivity contribution < 1.29 is 19.1 Å². The van der Waals surface area contributed by atoms with E-state index in [1.165, 1.54) is 11.3 Å². The van der Waals surface area contributed by atoms with E-state index in [9.17, 15) is 9.59 Å². The molecule has 1 aliphatic rings. The molecule has 3 aromatic rings. The van der Waals surface area contributed by atoms with Crippen LogP contribution in [0.15, 0.2) is 53.9 Å². The second-order valence-electron chi connectivity index (χ2n) is 7.19. The van der Waals surface area contributed by atoms with Gasteiger partial charge in [-0.15, -0.1) is 11.3 Å². The zero-order chi connectivity index (χ0) is 22.5. The lowest BCUT2D eigenvalue weighted by atomic mass is 10.2. The number of benzene rings is 2. The number of esters is 1. The van der Waals surface area contributed by atoms with Crippen LogP contribution in [-0.4, -0.2) is 61.7 Å². The maximum Gasteiger partial charge on any atom is 0.358 e. The molecule has 4 rings (SSSR count). The summed E-state index contributed by atoms with van der Waals surface area (Å²) in [4.78, 5) is 33.1. The molecule has 1 aliphatic heterocycles. The summed E-state index contributed by atoms with van der Waals surface area (Å²) < 4.78 is 10.4. The number of halogens is 1. The van der Waals surface area contributed by atoms with Crippen molar-refractivity contribution >= 4 is 40.5 Å². The van der Waals surface area contributed by atoms with Crippen molar-refractivity contribution in [3.8, 4) is 16.3 Å². The molecule has 0 spiro atoms. The van der Waals surface area contributed by atoms with Crippen molar-refractivity contribution in [2.24, 2.45) is 0 Å². The Labute approximate surface area is 195 Å². The normalized spacial score (nSPS) is 13.7. The Morgan fingerprint density at radius 1 is 1.03 bits per heavy atom. The standard InChI is InChI=1S/C23H22ClN3O4S/c1-30-19-8-6-18(7-9-19)26-10-12-27(13-11-26)21(28)14-31-23(29)20-15-32-22(25-20)16-2-4-17(24)5-3-16/h2-9,15H,10-14H2,1H3. The Morgan fingerprint density at radius 3 is 2.38 bits per heavy atom. The van der Waals surface area contributed by atoms with Gasteiger partial charge in [0.15, 0.2) is 12.3 Å². The number of thiazole rings is 1. The number of carbonyl (C=O) groups excluding carboxylic acids is 2. The predicted molar refractivity (Wildman–Crippen MR) is 125 cm³/mol. The molecule has 0 bridgehead atoms. The van der Waals surface area contributed by atoms with Crippen molar-refractivity contribution in [2.45, 2.75) is 0 Å². The van der Waals surface area contributed by atoms with E-state index in [-0.39, 0.29) is 18.2 Å². The first-order chi connectivity index (χ1) is 15.5. The molecule has 166 valence electrons. The number of aromatic nitrogens is 1.